The molecule has 1 rings (SSSR count). The van der Waals surface area contributed by atoms with Crippen molar-refractivity contribution in [3.8, 4) is 0 Å². The van der Waals surface area contributed by atoms with E-state index in [1.807, 2.05) is 6.92 Å². The molecule has 1 aliphatic rings. The zero-order valence-electron chi connectivity index (χ0n) is 9.47. The Morgan fingerprint density at radius 3 is 2.50 bits per heavy atom. The van der Waals surface area contributed by atoms with Crippen molar-refractivity contribution < 1.29 is 17.9 Å². The van der Waals surface area contributed by atoms with E-state index in [2.05, 4.69) is 0 Å². The number of primary sulfonamides is 1. The summed E-state index contributed by atoms with van der Waals surface area (Å²) in [4.78, 5) is -1.44. The average Bonchev–Trinajstić information content (AvgIpc) is 2.20. The van der Waals surface area contributed by atoms with Crippen LogP contribution in [0.25, 0.3) is 0 Å². The van der Waals surface area contributed by atoms with E-state index in [4.69, 9.17) is 14.6 Å². The molecular weight excluding hydrogens is 230 g/mol. The first-order valence-corrected chi connectivity index (χ1v) is 6.68. The summed E-state index contributed by atoms with van der Waals surface area (Å²) in [6.07, 6.45) is 4.86. The molecule has 0 heterocycles. The highest BCUT2D eigenvalue weighted by molar-refractivity contribution is 7.90. The topological polar surface area (TPSA) is 78.6 Å². The number of hydrogen-bond donors (Lipinski definition) is 1. The van der Waals surface area contributed by atoms with Crippen molar-refractivity contribution in [2.24, 2.45) is 5.14 Å². The largest absolute Gasteiger partial charge is 0.494 e. The second-order valence-corrected chi connectivity index (χ2v) is 5.15. The van der Waals surface area contributed by atoms with Gasteiger partial charge in [0.2, 0.25) is 15.0 Å². The van der Waals surface area contributed by atoms with Gasteiger partial charge in [-0.15, -0.1) is 0 Å². The van der Waals surface area contributed by atoms with Crippen LogP contribution in [0.5, 0.6) is 0 Å². The Kier molecular flexibility index (Phi) is 4.12. The molecule has 1 unspecified atom stereocenters. The van der Waals surface area contributed by atoms with Gasteiger partial charge in [-0.05, 0) is 32.1 Å². The highest BCUT2D eigenvalue weighted by Crippen LogP contribution is 2.29. The fourth-order valence-electron chi connectivity index (χ4n) is 1.51. The van der Waals surface area contributed by atoms with E-state index in [1.165, 1.54) is 6.08 Å². The fraction of sp³-hybridized carbons (Fsp3) is 0.600. The van der Waals surface area contributed by atoms with Crippen LogP contribution in [0.2, 0.25) is 0 Å². The highest BCUT2D eigenvalue weighted by atomic mass is 32.2. The molecule has 0 amide bonds. The highest BCUT2D eigenvalue weighted by Gasteiger charge is 2.40. The summed E-state index contributed by atoms with van der Waals surface area (Å²) in [6, 6.07) is 0. The molecule has 1 aliphatic carbocycles. The van der Waals surface area contributed by atoms with E-state index >= 15 is 0 Å². The van der Waals surface area contributed by atoms with Crippen LogP contribution in [0.1, 0.15) is 20.3 Å². The lowest BCUT2D eigenvalue weighted by atomic mass is 10.1. The molecule has 0 bridgehead atoms. The first-order valence-electron chi connectivity index (χ1n) is 5.13. The molecule has 0 aliphatic heterocycles. The maximum atomic E-state index is 11.5. The molecule has 0 radical (unpaired) electrons. The van der Waals surface area contributed by atoms with Crippen molar-refractivity contribution in [1.82, 2.24) is 0 Å². The smallest absolute Gasteiger partial charge is 0.243 e. The predicted octanol–water partition coefficient (Wildman–Crippen LogP) is 0.888. The third-order valence-corrected chi connectivity index (χ3v) is 3.65. The van der Waals surface area contributed by atoms with E-state index in [0.717, 1.165) is 0 Å². The zero-order chi connectivity index (χ0) is 12.2. The Morgan fingerprint density at radius 2 is 2.12 bits per heavy atom. The van der Waals surface area contributed by atoms with Gasteiger partial charge >= 0.3 is 0 Å². The second kappa shape index (κ2) is 4.99. The van der Waals surface area contributed by atoms with Crippen LogP contribution >= 0.6 is 0 Å². The standard InChI is InChI=1S/C10H17NO4S/c1-3-14-9-5-7-10(8-6-9,15-4-2)16(11,12)13/h5-7H,3-4,8H2,1-2H3,(H2,11,12,13). The number of hydrogen-bond acceptors (Lipinski definition) is 4. The van der Waals surface area contributed by atoms with Gasteiger partial charge in [-0.25, -0.2) is 13.6 Å². The Morgan fingerprint density at radius 1 is 1.44 bits per heavy atom. The maximum Gasteiger partial charge on any atom is 0.243 e. The van der Waals surface area contributed by atoms with E-state index in [9.17, 15) is 8.42 Å². The van der Waals surface area contributed by atoms with Crippen molar-refractivity contribution in [2.75, 3.05) is 13.2 Å². The van der Waals surface area contributed by atoms with Crippen LogP contribution in [0.4, 0.5) is 0 Å². The summed E-state index contributed by atoms with van der Waals surface area (Å²) >= 11 is 0. The van der Waals surface area contributed by atoms with Crippen molar-refractivity contribution >= 4 is 10.0 Å². The predicted molar refractivity (Wildman–Crippen MR) is 60.9 cm³/mol. The first-order chi connectivity index (χ1) is 7.45. The molecular formula is C10H17NO4S. The normalized spacial score (nSPS) is 25.3. The minimum atomic E-state index is -3.80. The van der Waals surface area contributed by atoms with Gasteiger partial charge < -0.3 is 9.47 Å². The molecule has 0 aromatic carbocycles. The van der Waals surface area contributed by atoms with Gasteiger partial charge in [-0.2, -0.15) is 0 Å². The van der Waals surface area contributed by atoms with E-state index in [-0.39, 0.29) is 13.0 Å². The van der Waals surface area contributed by atoms with Crippen molar-refractivity contribution in [3.05, 3.63) is 24.0 Å². The molecule has 5 nitrogen and oxygen atoms in total. The summed E-state index contributed by atoms with van der Waals surface area (Å²) in [5.74, 6) is 0.640. The minimum Gasteiger partial charge on any atom is -0.494 e. The van der Waals surface area contributed by atoms with Crippen molar-refractivity contribution in [2.45, 2.75) is 25.2 Å². The Hall–Kier alpha value is -0.850. The van der Waals surface area contributed by atoms with Gasteiger partial charge in [0.25, 0.3) is 0 Å². The van der Waals surface area contributed by atoms with Crippen LogP contribution in [-0.2, 0) is 19.5 Å². The lowest BCUT2D eigenvalue weighted by Gasteiger charge is -2.29. The molecule has 16 heavy (non-hydrogen) atoms. The first kappa shape index (κ1) is 13.2. The van der Waals surface area contributed by atoms with Crippen molar-refractivity contribution in [1.29, 1.82) is 0 Å². The minimum absolute atomic E-state index is 0.172. The number of rotatable bonds is 5. The maximum absolute atomic E-state index is 11.5. The SMILES string of the molecule is CCOC1=CCC(OCC)(S(N)(=O)=O)C=C1. The lowest BCUT2D eigenvalue weighted by Crippen LogP contribution is -2.44. The number of nitrogens with two attached hydrogens (primary N) is 1. The summed E-state index contributed by atoms with van der Waals surface area (Å²) in [5, 5.41) is 5.18. The number of sulfonamides is 1. The summed E-state index contributed by atoms with van der Waals surface area (Å²) in [7, 11) is -3.80. The van der Waals surface area contributed by atoms with Gasteiger partial charge in [0.1, 0.15) is 5.76 Å². The van der Waals surface area contributed by atoms with Gasteiger partial charge in [0.15, 0.2) is 0 Å². The number of allylic oxidation sites excluding steroid dienone is 1. The molecule has 2 N–H and O–H groups in total. The van der Waals surface area contributed by atoms with Gasteiger partial charge in [0, 0.05) is 13.0 Å². The molecule has 0 saturated heterocycles. The molecule has 0 aromatic rings. The molecule has 0 spiro atoms. The van der Waals surface area contributed by atoms with Crippen LogP contribution in [0.15, 0.2) is 24.0 Å². The fourth-order valence-corrected chi connectivity index (χ4v) is 2.36. The third kappa shape index (κ3) is 2.63. The average molecular weight is 247 g/mol. The quantitative estimate of drug-likeness (QED) is 0.782. The molecule has 92 valence electrons. The summed E-state index contributed by atoms with van der Waals surface area (Å²) in [6.45, 7) is 4.40. The second-order valence-electron chi connectivity index (χ2n) is 3.37. The number of ether oxygens (including phenoxy) is 2. The molecule has 0 aromatic heterocycles. The molecule has 0 saturated carbocycles. The van der Waals surface area contributed by atoms with E-state index in [0.29, 0.717) is 12.4 Å². The van der Waals surface area contributed by atoms with E-state index < -0.39 is 15.0 Å². The van der Waals surface area contributed by atoms with Crippen LogP contribution in [0, 0.1) is 0 Å². The molecule has 6 heteroatoms. The third-order valence-electron chi connectivity index (χ3n) is 2.27. The Bertz CT molecular complexity index is 399. The summed E-state index contributed by atoms with van der Waals surface area (Å²) < 4.78 is 33.5. The monoisotopic (exact) mass is 247 g/mol. The zero-order valence-corrected chi connectivity index (χ0v) is 10.3. The molecule has 0 fully saturated rings. The van der Waals surface area contributed by atoms with Crippen LogP contribution in [-0.4, -0.2) is 26.6 Å². The Balaban J connectivity index is 2.92. The van der Waals surface area contributed by atoms with Gasteiger partial charge in [-0.1, -0.05) is 0 Å². The van der Waals surface area contributed by atoms with Crippen LogP contribution < -0.4 is 5.14 Å². The van der Waals surface area contributed by atoms with E-state index in [1.54, 1.807) is 19.1 Å². The van der Waals surface area contributed by atoms with Gasteiger partial charge in [-0.3, -0.25) is 0 Å². The summed E-state index contributed by atoms with van der Waals surface area (Å²) in [5.41, 5.74) is 0. The van der Waals surface area contributed by atoms with Crippen molar-refractivity contribution in [3.63, 3.8) is 0 Å². The molecule has 1 atom stereocenters. The van der Waals surface area contributed by atoms with Gasteiger partial charge in [0.05, 0.1) is 6.61 Å². The lowest BCUT2D eigenvalue weighted by molar-refractivity contribution is 0.0605. The van der Waals surface area contributed by atoms with Crippen LogP contribution in [0.3, 0.4) is 0 Å². The Labute approximate surface area is 96.0 Å².